The Morgan fingerprint density at radius 3 is 2.44 bits per heavy atom. The molecule has 0 aromatic heterocycles. The van der Waals surface area contributed by atoms with Crippen LogP contribution in [-0.4, -0.2) is 48.3 Å². The van der Waals surface area contributed by atoms with E-state index in [1.165, 1.54) is 0 Å². The highest BCUT2D eigenvalue weighted by atomic mass is 16.2. The Balaban J connectivity index is 1.37. The van der Waals surface area contributed by atoms with E-state index >= 15 is 0 Å². The third-order valence-electron chi connectivity index (χ3n) is 5.66. The zero-order valence-electron chi connectivity index (χ0n) is 16.2. The van der Waals surface area contributed by atoms with Gasteiger partial charge in [0.2, 0.25) is 11.8 Å². The molecule has 0 radical (unpaired) electrons. The maximum Gasteiger partial charge on any atom is 0.251 e. The molecule has 0 bridgehead atoms. The van der Waals surface area contributed by atoms with Crippen LogP contribution >= 0.6 is 0 Å². The number of carbonyl (C=O) groups is 3. The van der Waals surface area contributed by atoms with E-state index in [4.69, 9.17) is 0 Å². The van der Waals surface area contributed by atoms with Crippen LogP contribution in [0.2, 0.25) is 0 Å². The molecule has 2 N–H and O–H groups in total. The zero-order valence-corrected chi connectivity index (χ0v) is 16.2. The van der Waals surface area contributed by atoms with Gasteiger partial charge in [-0.15, -0.1) is 0 Å². The number of rotatable bonds is 6. The first-order chi connectivity index (χ1) is 13.0. The second-order valence-electron chi connectivity index (χ2n) is 7.80. The van der Waals surface area contributed by atoms with Crippen molar-refractivity contribution in [2.45, 2.75) is 45.6 Å². The summed E-state index contributed by atoms with van der Waals surface area (Å²) in [6.07, 6.45) is 2.82. The maximum atomic E-state index is 12.4. The van der Waals surface area contributed by atoms with Crippen LogP contribution in [0, 0.1) is 18.8 Å². The van der Waals surface area contributed by atoms with Crippen molar-refractivity contribution in [1.29, 1.82) is 0 Å². The summed E-state index contributed by atoms with van der Waals surface area (Å²) in [6.45, 7) is 5.69. The van der Waals surface area contributed by atoms with E-state index in [-0.39, 0.29) is 29.7 Å². The normalized spacial score (nSPS) is 22.2. The molecule has 0 spiro atoms. The summed E-state index contributed by atoms with van der Waals surface area (Å²) in [5.41, 5.74) is 1.67. The average molecular weight is 371 g/mol. The summed E-state index contributed by atoms with van der Waals surface area (Å²) < 4.78 is 0. The molecular formula is C21H29N3O3. The molecule has 1 aromatic rings. The topological polar surface area (TPSA) is 78.5 Å². The minimum Gasteiger partial charge on any atom is -0.355 e. The highest BCUT2D eigenvalue weighted by molar-refractivity contribution is 5.95. The molecular weight excluding hydrogens is 342 g/mol. The number of piperidine rings is 1. The van der Waals surface area contributed by atoms with Gasteiger partial charge in [-0.2, -0.15) is 0 Å². The van der Waals surface area contributed by atoms with Crippen molar-refractivity contribution in [3.8, 4) is 0 Å². The molecule has 1 aliphatic heterocycles. The van der Waals surface area contributed by atoms with Gasteiger partial charge in [-0.1, -0.05) is 25.1 Å². The highest BCUT2D eigenvalue weighted by Gasteiger charge is 2.38. The molecule has 6 nitrogen and oxygen atoms in total. The molecule has 27 heavy (non-hydrogen) atoms. The second-order valence-corrected chi connectivity index (χ2v) is 7.80. The lowest BCUT2D eigenvalue weighted by Gasteiger charge is -2.32. The summed E-state index contributed by atoms with van der Waals surface area (Å²) in [4.78, 5) is 38.3. The monoisotopic (exact) mass is 371 g/mol. The zero-order chi connectivity index (χ0) is 19.4. The Hall–Kier alpha value is -2.37. The van der Waals surface area contributed by atoms with Crippen LogP contribution in [0.1, 0.15) is 48.5 Å². The van der Waals surface area contributed by atoms with Gasteiger partial charge in [0.15, 0.2) is 0 Å². The minimum absolute atomic E-state index is 0.0464. The van der Waals surface area contributed by atoms with Gasteiger partial charge in [-0.05, 0) is 43.7 Å². The molecule has 2 unspecified atom stereocenters. The Morgan fingerprint density at radius 2 is 1.81 bits per heavy atom. The van der Waals surface area contributed by atoms with Gasteiger partial charge in [0.1, 0.15) is 0 Å². The molecule has 3 rings (SSSR count). The van der Waals surface area contributed by atoms with Gasteiger partial charge >= 0.3 is 0 Å². The molecule has 146 valence electrons. The van der Waals surface area contributed by atoms with Crippen molar-refractivity contribution >= 4 is 17.7 Å². The van der Waals surface area contributed by atoms with Gasteiger partial charge < -0.3 is 15.5 Å². The number of nitrogens with one attached hydrogen (secondary N) is 2. The third kappa shape index (κ3) is 5.08. The number of carbonyl (C=O) groups excluding carboxylic acids is 3. The van der Waals surface area contributed by atoms with Crippen LogP contribution < -0.4 is 10.6 Å². The van der Waals surface area contributed by atoms with E-state index in [2.05, 4.69) is 17.6 Å². The second kappa shape index (κ2) is 8.55. The predicted octanol–water partition coefficient (Wildman–Crippen LogP) is 1.88. The number of amides is 3. The molecule has 1 saturated carbocycles. The van der Waals surface area contributed by atoms with Gasteiger partial charge in [0, 0.05) is 43.6 Å². The summed E-state index contributed by atoms with van der Waals surface area (Å²) >= 11 is 0. The van der Waals surface area contributed by atoms with E-state index in [1.54, 1.807) is 0 Å². The van der Waals surface area contributed by atoms with Crippen LogP contribution in [-0.2, 0) is 9.59 Å². The Bertz CT molecular complexity index is 710. The number of aryl methyl sites for hydroxylation is 1. The SMILES string of the molecule is Cc1ccccc1C(=O)NC1CCN(C(=O)CCNC(=O)C2CC2C)CC1. The standard InChI is InChI=1S/C21H29N3O3/c1-14-5-3-4-6-17(14)21(27)23-16-8-11-24(12-9-16)19(25)7-10-22-20(26)18-13-15(18)2/h3-6,15-16,18H,7-13H2,1-2H3,(H,22,26)(H,23,27). The van der Waals surface area contributed by atoms with Crippen molar-refractivity contribution < 1.29 is 14.4 Å². The average Bonchev–Trinajstić information content (AvgIpc) is 3.39. The van der Waals surface area contributed by atoms with E-state index in [0.717, 1.165) is 24.8 Å². The molecule has 2 aliphatic rings. The third-order valence-corrected chi connectivity index (χ3v) is 5.66. The molecule has 1 aromatic carbocycles. The summed E-state index contributed by atoms with van der Waals surface area (Å²) in [7, 11) is 0. The van der Waals surface area contributed by atoms with Crippen LogP contribution in [0.4, 0.5) is 0 Å². The largest absolute Gasteiger partial charge is 0.355 e. The Morgan fingerprint density at radius 1 is 1.15 bits per heavy atom. The van der Waals surface area contributed by atoms with Crippen LogP contribution in [0.15, 0.2) is 24.3 Å². The molecule has 6 heteroatoms. The summed E-state index contributed by atoms with van der Waals surface area (Å²) in [5, 5.41) is 5.94. The van der Waals surface area contributed by atoms with Gasteiger partial charge in [0.05, 0.1) is 0 Å². The first kappa shape index (κ1) is 19.4. The number of hydrogen-bond donors (Lipinski definition) is 2. The minimum atomic E-state index is -0.0464. The highest BCUT2D eigenvalue weighted by Crippen LogP contribution is 2.37. The molecule has 2 fully saturated rings. The van der Waals surface area contributed by atoms with Gasteiger partial charge in [-0.3, -0.25) is 14.4 Å². The van der Waals surface area contributed by atoms with E-state index < -0.39 is 0 Å². The fraction of sp³-hybridized carbons (Fsp3) is 0.571. The molecule has 1 heterocycles. The van der Waals surface area contributed by atoms with Gasteiger partial charge in [0.25, 0.3) is 5.91 Å². The van der Waals surface area contributed by atoms with Crippen molar-refractivity contribution in [2.24, 2.45) is 11.8 Å². The van der Waals surface area contributed by atoms with Crippen LogP contribution in [0.25, 0.3) is 0 Å². The van der Waals surface area contributed by atoms with Crippen molar-refractivity contribution in [3.63, 3.8) is 0 Å². The number of benzene rings is 1. The Kier molecular flexibility index (Phi) is 6.14. The number of nitrogens with zero attached hydrogens (tertiary/aromatic N) is 1. The van der Waals surface area contributed by atoms with E-state index in [9.17, 15) is 14.4 Å². The van der Waals surface area contributed by atoms with Crippen molar-refractivity contribution in [2.75, 3.05) is 19.6 Å². The quantitative estimate of drug-likeness (QED) is 0.801. The molecule has 1 saturated heterocycles. The van der Waals surface area contributed by atoms with E-state index in [0.29, 0.717) is 37.5 Å². The van der Waals surface area contributed by atoms with Crippen molar-refractivity contribution in [3.05, 3.63) is 35.4 Å². The molecule has 2 atom stereocenters. The van der Waals surface area contributed by atoms with Crippen LogP contribution in [0.5, 0.6) is 0 Å². The lowest BCUT2D eigenvalue weighted by molar-refractivity contribution is -0.132. The predicted molar refractivity (Wildman–Crippen MR) is 103 cm³/mol. The molecule has 1 aliphatic carbocycles. The lowest BCUT2D eigenvalue weighted by Crippen LogP contribution is -2.47. The number of hydrogen-bond acceptors (Lipinski definition) is 3. The lowest BCUT2D eigenvalue weighted by atomic mass is 10.0. The fourth-order valence-corrected chi connectivity index (χ4v) is 3.63. The first-order valence-corrected chi connectivity index (χ1v) is 9.87. The summed E-state index contributed by atoms with van der Waals surface area (Å²) in [6, 6.07) is 7.64. The Labute approximate surface area is 160 Å². The molecule has 3 amide bonds. The first-order valence-electron chi connectivity index (χ1n) is 9.87. The smallest absolute Gasteiger partial charge is 0.251 e. The van der Waals surface area contributed by atoms with E-state index in [1.807, 2.05) is 36.1 Å². The maximum absolute atomic E-state index is 12.4. The fourth-order valence-electron chi connectivity index (χ4n) is 3.63. The van der Waals surface area contributed by atoms with Crippen LogP contribution in [0.3, 0.4) is 0 Å². The van der Waals surface area contributed by atoms with Crippen molar-refractivity contribution in [1.82, 2.24) is 15.5 Å². The summed E-state index contributed by atoms with van der Waals surface area (Å²) in [5.74, 6) is 0.730. The van der Waals surface area contributed by atoms with Gasteiger partial charge in [-0.25, -0.2) is 0 Å². The number of likely N-dealkylation sites (tertiary alicyclic amines) is 1.